The fourth-order valence-corrected chi connectivity index (χ4v) is 6.34. The Morgan fingerprint density at radius 3 is 2.32 bits per heavy atom. The molecule has 2 saturated heterocycles. The molecule has 228 valence electrons. The maximum Gasteiger partial charge on any atom is 0.156 e. The number of nitrogens with zero attached hydrogens (tertiary/aromatic N) is 7. The molecule has 5 aromatic rings. The van der Waals surface area contributed by atoms with Gasteiger partial charge in [-0.3, -0.25) is 14.5 Å². The number of nitrogens with one attached hydrogen (secondary N) is 1. The summed E-state index contributed by atoms with van der Waals surface area (Å²) in [5.74, 6) is 1.26. The Morgan fingerprint density at radius 2 is 1.66 bits per heavy atom. The van der Waals surface area contributed by atoms with Gasteiger partial charge in [-0.2, -0.15) is 10.2 Å². The number of fused-ring (bicyclic) bond motifs is 1. The predicted molar refractivity (Wildman–Crippen MR) is 172 cm³/mol. The number of carbonyl (C=O) groups is 1. The topological polar surface area (TPSA) is 102 Å². The number of hydrogen-bond donors (Lipinski definition) is 1. The Morgan fingerprint density at radius 1 is 0.932 bits per heavy atom. The molecule has 6 heterocycles. The van der Waals surface area contributed by atoms with Crippen molar-refractivity contribution < 1.29 is 9.53 Å². The van der Waals surface area contributed by atoms with Crippen molar-refractivity contribution >= 4 is 17.8 Å². The fraction of sp³-hybridized carbons (Fsp3) is 0.382. The molecule has 0 unspecified atom stereocenters. The first-order chi connectivity index (χ1) is 21.5. The number of ether oxygens (including phenoxy) is 1. The van der Waals surface area contributed by atoms with Crippen LogP contribution >= 0.6 is 0 Å². The lowest BCUT2D eigenvalue weighted by molar-refractivity contribution is 0.0249. The third-order valence-corrected chi connectivity index (χ3v) is 8.71. The zero-order valence-corrected chi connectivity index (χ0v) is 25.7. The zero-order chi connectivity index (χ0) is 30.5. The van der Waals surface area contributed by atoms with Gasteiger partial charge in [0.2, 0.25) is 0 Å². The summed E-state index contributed by atoms with van der Waals surface area (Å²) in [4.78, 5) is 21.0. The van der Waals surface area contributed by atoms with E-state index in [1.807, 2.05) is 23.8 Å². The summed E-state index contributed by atoms with van der Waals surface area (Å²) < 4.78 is 9.57. The minimum absolute atomic E-state index is 0.445. The molecule has 0 radical (unpaired) electrons. The zero-order valence-electron chi connectivity index (χ0n) is 25.7. The van der Waals surface area contributed by atoms with Crippen molar-refractivity contribution in [2.45, 2.75) is 44.6 Å². The first-order valence-corrected chi connectivity index (χ1v) is 15.4. The third-order valence-electron chi connectivity index (χ3n) is 8.71. The van der Waals surface area contributed by atoms with Crippen LogP contribution in [0.25, 0.3) is 28.2 Å². The maximum absolute atomic E-state index is 9.98. The second-order valence-electron chi connectivity index (χ2n) is 11.5. The van der Waals surface area contributed by atoms with E-state index >= 15 is 0 Å². The van der Waals surface area contributed by atoms with Crippen LogP contribution in [0.2, 0.25) is 0 Å². The van der Waals surface area contributed by atoms with Crippen molar-refractivity contribution in [2.24, 2.45) is 7.05 Å². The molecule has 2 fully saturated rings. The van der Waals surface area contributed by atoms with Crippen molar-refractivity contribution in [2.75, 3.05) is 38.7 Å². The molecule has 2 aliphatic rings. The number of carbonyl (C=O) groups excluding carboxylic acids is 1. The summed E-state index contributed by atoms with van der Waals surface area (Å²) in [6.45, 7) is 6.16. The smallest absolute Gasteiger partial charge is 0.156 e. The van der Waals surface area contributed by atoms with Gasteiger partial charge in [0.15, 0.2) is 5.65 Å². The Kier molecular flexibility index (Phi) is 9.09. The lowest BCUT2D eigenvalue weighted by atomic mass is 9.87. The number of aromatic nitrogens is 6. The van der Waals surface area contributed by atoms with Gasteiger partial charge in [0.05, 0.1) is 23.1 Å². The number of likely N-dealkylation sites (tertiary alicyclic amines) is 1. The molecule has 1 aromatic carbocycles. The van der Waals surface area contributed by atoms with E-state index in [4.69, 9.17) is 14.9 Å². The van der Waals surface area contributed by atoms with Gasteiger partial charge in [0.1, 0.15) is 17.8 Å². The molecule has 0 atom stereocenters. The van der Waals surface area contributed by atoms with E-state index in [-0.39, 0.29) is 0 Å². The molecule has 0 saturated carbocycles. The highest BCUT2D eigenvalue weighted by atomic mass is 16.5. The van der Waals surface area contributed by atoms with E-state index in [9.17, 15) is 4.79 Å². The monoisotopic (exact) mass is 592 g/mol. The number of anilines is 1. The van der Waals surface area contributed by atoms with Crippen LogP contribution in [0, 0.1) is 6.92 Å². The standard InChI is InChI=1S/C28H35N7O.C6H5NO/c1-19-4-6-20(7-5-19)27-26(23-8-9-25-30-24(29-2)18-35(25)31-23)28(33(3)32-27)21-10-14-34(15-11-21)22-12-16-36-17-13-22;8-5-6-1-3-7-4-2-6/h4-9,18,21-22,29H,10-17H2,1-3H3;1-5H. The number of aryl methyl sites for hydroxylation is 2. The maximum atomic E-state index is 9.98. The van der Waals surface area contributed by atoms with Crippen molar-refractivity contribution in [1.29, 1.82) is 0 Å². The van der Waals surface area contributed by atoms with Gasteiger partial charge >= 0.3 is 0 Å². The Balaban J connectivity index is 0.000000374. The highest BCUT2D eigenvalue weighted by Crippen LogP contribution is 2.41. The van der Waals surface area contributed by atoms with Gasteiger partial charge in [-0.25, -0.2) is 9.50 Å². The van der Waals surface area contributed by atoms with Crippen LogP contribution in [0.4, 0.5) is 5.82 Å². The molecule has 0 spiro atoms. The van der Waals surface area contributed by atoms with E-state index in [2.05, 4.69) is 69.2 Å². The quantitative estimate of drug-likeness (QED) is 0.262. The molecule has 4 aromatic heterocycles. The Hall–Kier alpha value is -4.41. The molecule has 0 bridgehead atoms. The molecule has 2 aliphatic heterocycles. The largest absolute Gasteiger partial charge is 0.381 e. The lowest BCUT2D eigenvalue weighted by Gasteiger charge is -2.39. The van der Waals surface area contributed by atoms with Crippen molar-refractivity contribution in [1.82, 2.24) is 34.3 Å². The van der Waals surface area contributed by atoms with Gasteiger partial charge < -0.3 is 15.0 Å². The summed E-state index contributed by atoms with van der Waals surface area (Å²) >= 11 is 0. The summed E-state index contributed by atoms with van der Waals surface area (Å²) in [5.41, 5.74) is 8.24. The average Bonchev–Trinajstić information content (AvgIpc) is 3.66. The summed E-state index contributed by atoms with van der Waals surface area (Å²) in [6, 6.07) is 16.8. The van der Waals surface area contributed by atoms with Crippen molar-refractivity contribution in [3.05, 3.63) is 83.9 Å². The first kappa shape index (κ1) is 29.7. The second-order valence-corrected chi connectivity index (χ2v) is 11.5. The molecule has 0 aliphatic carbocycles. The highest BCUT2D eigenvalue weighted by Gasteiger charge is 2.32. The molecule has 7 rings (SSSR count). The van der Waals surface area contributed by atoms with Crippen LogP contribution in [0.1, 0.15) is 53.2 Å². The summed E-state index contributed by atoms with van der Waals surface area (Å²) in [5, 5.41) is 13.2. The molecular weight excluding hydrogens is 552 g/mol. The van der Waals surface area contributed by atoms with Crippen LogP contribution in [0.3, 0.4) is 0 Å². The number of pyridine rings is 1. The summed E-state index contributed by atoms with van der Waals surface area (Å²) in [6.07, 6.45) is 10.5. The summed E-state index contributed by atoms with van der Waals surface area (Å²) in [7, 11) is 3.97. The SMILES string of the molecule is CNc1cn2nc(-c3c(-c4ccc(C)cc4)nn(C)c3C3CCN(C4CCOCC4)CC3)ccc2n1.O=Cc1ccncc1. The van der Waals surface area contributed by atoms with E-state index in [0.717, 1.165) is 92.3 Å². The van der Waals surface area contributed by atoms with Crippen molar-refractivity contribution in [3.8, 4) is 22.5 Å². The molecule has 10 heteroatoms. The normalized spacial score (nSPS) is 16.4. The minimum Gasteiger partial charge on any atom is -0.381 e. The molecular formula is C34H40N8O2. The first-order valence-electron chi connectivity index (χ1n) is 15.4. The van der Waals surface area contributed by atoms with Gasteiger partial charge in [0.25, 0.3) is 0 Å². The number of piperidine rings is 1. The minimum atomic E-state index is 0.445. The van der Waals surface area contributed by atoms with Gasteiger partial charge in [-0.15, -0.1) is 0 Å². The lowest BCUT2D eigenvalue weighted by Crippen LogP contribution is -2.43. The van der Waals surface area contributed by atoms with E-state index in [0.29, 0.717) is 17.5 Å². The van der Waals surface area contributed by atoms with E-state index < -0.39 is 0 Å². The van der Waals surface area contributed by atoms with Gasteiger partial charge in [0, 0.05) is 62.8 Å². The number of imidazole rings is 1. The fourth-order valence-electron chi connectivity index (χ4n) is 6.34. The van der Waals surface area contributed by atoms with E-state index in [1.165, 1.54) is 11.3 Å². The van der Waals surface area contributed by atoms with Crippen LogP contribution in [0.15, 0.2) is 67.1 Å². The molecule has 1 N–H and O–H groups in total. The van der Waals surface area contributed by atoms with Crippen molar-refractivity contribution in [3.63, 3.8) is 0 Å². The van der Waals surface area contributed by atoms with Crippen LogP contribution < -0.4 is 5.32 Å². The predicted octanol–water partition coefficient (Wildman–Crippen LogP) is 5.40. The van der Waals surface area contributed by atoms with Gasteiger partial charge in [-0.05, 0) is 70.0 Å². The average molecular weight is 593 g/mol. The van der Waals surface area contributed by atoms with Crippen LogP contribution in [-0.2, 0) is 11.8 Å². The Bertz CT molecular complexity index is 1680. The Labute approximate surface area is 258 Å². The molecule has 10 nitrogen and oxygen atoms in total. The molecule has 0 amide bonds. The van der Waals surface area contributed by atoms with Crippen LogP contribution in [0.5, 0.6) is 0 Å². The number of rotatable bonds is 6. The van der Waals surface area contributed by atoms with E-state index in [1.54, 1.807) is 24.5 Å². The third kappa shape index (κ3) is 6.41. The number of benzene rings is 1. The number of hydrogen-bond acceptors (Lipinski definition) is 8. The number of aldehydes is 1. The molecule has 44 heavy (non-hydrogen) atoms. The second kappa shape index (κ2) is 13.5. The highest BCUT2D eigenvalue weighted by molar-refractivity contribution is 5.82. The van der Waals surface area contributed by atoms with Gasteiger partial charge in [-0.1, -0.05) is 29.8 Å². The van der Waals surface area contributed by atoms with Crippen LogP contribution in [-0.4, -0.2) is 79.9 Å².